The standard InChI is InChI=1S/3CH4O.Na/c3*1-2;/h3*2H,1H3;/q;;;+1. The van der Waals surface area contributed by atoms with Gasteiger partial charge in [0.05, 0.1) is 0 Å². The molecule has 42 valence electrons. The van der Waals surface area contributed by atoms with Gasteiger partial charge in [-0.25, -0.2) is 0 Å². The number of hydrogen-bond acceptors (Lipinski definition) is 3. The Morgan fingerprint density at radius 3 is 0.571 bits per heavy atom. The molecule has 0 saturated heterocycles. The monoisotopic (exact) mass is 119 g/mol. The molecule has 0 bridgehead atoms. The van der Waals surface area contributed by atoms with Crippen molar-refractivity contribution in [2.75, 3.05) is 21.3 Å². The van der Waals surface area contributed by atoms with Crippen LogP contribution in [0.1, 0.15) is 0 Å². The van der Waals surface area contributed by atoms with E-state index < -0.39 is 0 Å². The van der Waals surface area contributed by atoms with Crippen molar-refractivity contribution in [1.29, 1.82) is 0 Å². The molecule has 4 heteroatoms. The molecule has 0 aromatic rings. The summed E-state index contributed by atoms with van der Waals surface area (Å²) >= 11 is 0. The molecule has 0 amide bonds. The molecule has 0 aromatic heterocycles. The van der Waals surface area contributed by atoms with E-state index in [4.69, 9.17) is 15.3 Å². The van der Waals surface area contributed by atoms with Crippen molar-refractivity contribution in [1.82, 2.24) is 0 Å². The second kappa shape index (κ2) is 307. The minimum absolute atomic E-state index is 0. The van der Waals surface area contributed by atoms with Crippen molar-refractivity contribution < 1.29 is 44.9 Å². The van der Waals surface area contributed by atoms with Gasteiger partial charge in [0, 0.05) is 21.3 Å². The number of aliphatic hydroxyl groups excluding tert-OH is 3. The summed E-state index contributed by atoms with van der Waals surface area (Å²) in [5.41, 5.74) is 0. The molecule has 0 aromatic carbocycles. The molecule has 0 rings (SSSR count). The fourth-order valence-electron chi connectivity index (χ4n) is 0. The third kappa shape index (κ3) is 212. The van der Waals surface area contributed by atoms with Gasteiger partial charge in [-0.15, -0.1) is 0 Å². The van der Waals surface area contributed by atoms with Gasteiger partial charge in [0.1, 0.15) is 0 Å². The van der Waals surface area contributed by atoms with Gasteiger partial charge in [-0.05, 0) is 0 Å². The van der Waals surface area contributed by atoms with Gasteiger partial charge in [0.15, 0.2) is 0 Å². The first-order valence-electron chi connectivity index (χ1n) is 1.34. The van der Waals surface area contributed by atoms with Crippen LogP contribution in [-0.2, 0) is 0 Å². The van der Waals surface area contributed by atoms with Crippen LogP contribution < -0.4 is 29.6 Å². The number of hydrogen-bond donors (Lipinski definition) is 3. The summed E-state index contributed by atoms with van der Waals surface area (Å²) in [6.45, 7) is 0. The number of rotatable bonds is 0. The van der Waals surface area contributed by atoms with E-state index in [1.165, 1.54) is 0 Å². The second-order valence-corrected chi connectivity index (χ2v) is 0. The SMILES string of the molecule is CO.CO.CO.[Na+]. The van der Waals surface area contributed by atoms with Crippen LogP contribution >= 0.6 is 0 Å². The third-order valence-electron chi connectivity index (χ3n) is 0. The van der Waals surface area contributed by atoms with Gasteiger partial charge in [0.2, 0.25) is 0 Å². The van der Waals surface area contributed by atoms with Crippen molar-refractivity contribution in [3.63, 3.8) is 0 Å². The van der Waals surface area contributed by atoms with Crippen LogP contribution in [0.2, 0.25) is 0 Å². The van der Waals surface area contributed by atoms with Crippen molar-refractivity contribution >= 4 is 0 Å². The van der Waals surface area contributed by atoms with Crippen LogP contribution in [0.5, 0.6) is 0 Å². The molecule has 0 spiro atoms. The fraction of sp³-hybridized carbons (Fsp3) is 1.00. The van der Waals surface area contributed by atoms with Crippen molar-refractivity contribution in [2.24, 2.45) is 0 Å². The molecule has 0 unspecified atom stereocenters. The third-order valence-corrected chi connectivity index (χ3v) is 0. The Morgan fingerprint density at radius 2 is 0.571 bits per heavy atom. The quantitative estimate of drug-likeness (QED) is 0.283. The predicted octanol–water partition coefficient (Wildman–Crippen LogP) is -4.17. The van der Waals surface area contributed by atoms with E-state index in [1.807, 2.05) is 0 Å². The Hall–Kier alpha value is 0.880. The van der Waals surface area contributed by atoms with E-state index in [0.717, 1.165) is 21.3 Å². The summed E-state index contributed by atoms with van der Waals surface area (Å²) < 4.78 is 0. The maximum Gasteiger partial charge on any atom is 1.00 e. The zero-order valence-corrected chi connectivity index (χ0v) is 7.34. The first-order valence-corrected chi connectivity index (χ1v) is 1.34. The molecule has 0 aliphatic rings. The second-order valence-electron chi connectivity index (χ2n) is 0. The summed E-state index contributed by atoms with van der Waals surface area (Å²) in [5.74, 6) is 0. The van der Waals surface area contributed by atoms with Crippen molar-refractivity contribution in [3.8, 4) is 0 Å². The van der Waals surface area contributed by atoms with Crippen LogP contribution in [0.25, 0.3) is 0 Å². The molecular formula is C3H12NaO3+. The summed E-state index contributed by atoms with van der Waals surface area (Å²) in [7, 11) is 3.00. The predicted molar refractivity (Wildman–Crippen MR) is 24.4 cm³/mol. The first kappa shape index (κ1) is 24.8. The fourth-order valence-corrected chi connectivity index (χ4v) is 0. The molecule has 0 aliphatic carbocycles. The Bertz CT molecular complexity index is 10.1. The maximum absolute atomic E-state index is 7.00. The Kier molecular flexibility index (Phi) is 1090. The van der Waals surface area contributed by atoms with Gasteiger partial charge in [-0.1, -0.05) is 0 Å². The molecule has 0 saturated carbocycles. The van der Waals surface area contributed by atoms with E-state index >= 15 is 0 Å². The van der Waals surface area contributed by atoms with E-state index in [2.05, 4.69) is 0 Å². The summed E-state index contributed by atoms with van der Waals surface area (Å²) in [6.07, 6.45) is 0. The minimum Gasteiger partial charge on any atom is -0.400 e. The summed E-state index contributed by atoms with van der Waals surface area (Å²) in [6, 6.07) is 0. The normalized spacial score (nSPS) is 2.57. The van der Waals surface area contributed by atoms with Gasteiger partial charge < -0.3 is 15.3 Å². The average molecular weight is 119 g/mol. The Balaban J connectivity index is -0.00000000900. The van der Waals surface area contributed by atoms with Crippen LogP contribution in [0, 0.1) is 0 Å². The zero-order chi connectivity index (χ0) is 6.00. The van der Waals surface area contributed by atoms with Crippen LogP contribution in [0.3, 0.4) is 0 Å². The van der Waals surface area contributed by atoms with Crippen molar-refractivity contribution in [3.05, 3.63) is 0 Å². The van der Waals surface area contributed by atoms with Gasteiger partial charge in [0.25, 0.3) is 0 Å². The van der Waals surface area contributed by atoms with Crippen molar-refractivity contribution in [2.45, 2.75) is 0 Å². The minimum atomic E-state index is 0. The van der Waals surface area contributed by atoms with E-state index in [9.17, 15) is 0 Å². The maximum atomic E-state index is 7.00. The average Bonchev–Trinajstić information content (AvgIpc) is 1.81. The smallest absolute Gasteiger partial charge is 0.400 e. The van der Waals surface area contributed by atoms with Gasteiger partial charge in [-0.3, -0.25) is 0 Å². The van der Waals surface area contributed by atoms with Crippen LogP contribution in [-0.4, -0.2) is 36.6 Å². The largest absolute Gasteiger partial charge is 1.00 e. The van der Waals surface area contributed by atoms with E-state index in [-0.39, 0.29) is 29.6 Å². The topological polar surface area (TPSA) is 60.7 Å². The molecule has 0 radical (unpaired) electrons. The number of aliphatic hydroxyl groups is 3. The van der Waals surface area contributed by atoms with Gasteiger partial charge >= 0.3 is 29.6 Å². The summed E-state index contributed by atoms with van der Waals surface area (Å²) in [4.78, 5) is 0. The molecule has 3 nitrogen and oxygen atoms in total. The van der Waals surface area contributed by atoms with Gasteiger partial charge in [-0.2, -0.15) is 0 Å². The van der Waals surface area contributed by atoms with Crippen LogP contribution in [0.4, 0.5) is 0 Å². The molecule has 7 heavy (non-hydrogen) atoms. The van der Waals surface area contributed by atoms with Crippen LogP contribution in [0.15, 0.2) is 0 Å². The summed E-state index contributed by atoms with van der Waals surface area (Å²) in [5, 5.41) is 21.0. The molecule has 3 N–H and O–H groups in total. The van der Waals surface area contributed by atoms with E-state index in [0.29, 0.717) is 0 Å². The molecule has 0 atom stereocenters. The zero-order valence-electron chi connectivity index (χ0n) is 5.34. The van der Waals surface area contributed by atoms with E-state index in [1.54, 1.807) is 0 Å². The first-order chi connectivity index (χ1) is 3.00. The molecular weight excluding hydrogens is 107 g/mol. The molecule has 0 heterocycles. The molecule has 0 aliphatic heterocycles. The Labute approximate surface area is 66.3 Å². The molecule has 0 fully saturated rings. The Morgan fingerprint density at radius 1 is 0.571 bits per heavy atom.